The van der Waals surface area contributed by atoms with Gasteiger partial charge in [-0.15, -0.1) is 0 Å². The van der Waals surface area contributed by atoms with Gasteiger partial charge < -0.3 is 20.1 Å². The van der Waals surface area contributed by atoms with Gasteiger partial charge in [-0.25, -0.2) is 23.8 Å². The monoisotopic (exact) mass is 504 g/mol. The van der Waals surface area contributed by atoms with E-state index in [0.717, 1.165) is 11.3 Å². The van der Waals surface area contributed by atoms with Crippen molar-refractivity contribution in [2.45, 2.75) is 45.0 Å². The first-order chi connectivity index (χ1) is 17.7. The first-order valence-electron chi connectivity index (χ1n) is 12.1. The van der Waals surface area contributed by atoms with Gasteiger partial charge in [0.05, 0.1) is 18.0 Å². The Hall–Kier alpha value is -4.21. The van der Waals surface area contributed by atoms with E-state index in [1.807, 2.05) is 54.6 Å². The van der Waals surface area contributed by atoms with Crippen LogP contribution in [-0.4, -0.2) is 55.6 Å². The summed E-state index contributed by atoms with van der Waals surface area (Å²) in [6.07, 6.45) is -0.191. The Bertz CT molecular complexity index is 1400. The van der Waals surface area contributed by atoms with E-state index in [1.54, 1.807) is 25.5 Å². The van der Waals surface area contributed by atoms with E-state index in [9.17, 15) is 4.79 Å². The highest BCUT2D eigenvalue weighted by Gasteiger charge is 2.36. The smallest absolute Gasteiger partial charge is 0.410 e. The number of amides is 1. The summed E-state index contributed by atoms with van der Waals surface area (Å²) in [5.74, 6) is 1.66. The highest BCUT2D eigenvalue weighted by Crippen LogP contribution is 2.36. The molecule has 0 saturated carbocycles. The number of nitrogens with zero attached hydrogens (tertiary/aromatic N) is 5. The van der Waals surface area contributed by atoms with Gasteiger partial charge >= 0.3 is 6.09 Å². The Labute approximate surface area is 214 Å². The lowest BCUT2D eigenvalue weighted by Crippen LogP contribution is -2.47. The van der Waals surface area contributed by atoms with Gasteiger partial charge in [-0.05, 0) is 63.6 Å². The molecule has 0 aliphatic carbocycles. The Kier molecular flexibility index (Phi) is 6.41. The van der Waals surface area contributed by atoms with Crippen LogP contribution in [0.2, 0.25) is 0 Å². The zero-order chi connectivity index (χ0) is 26.2. The fraction of sp³-hybridized carbons (Fsp3) is 0.333. The molecule has 2 atom stereocenters. The molecule has 2 aromatic carbocycles. The minimum Gasteiger partial charge on any atom is -0.457 e. The third-order valence-electron chi connectivity index (χ3n) is 6.10. The summed E-state index contributed by atoms with van der Waals surface area (Å²) >= 11 is 0. The Balaban J connectivity index is 1.42. The maximum absolute atomic E-state index is 15.5. The number of carbonyl (C=O) groups excluding carboxylic acids is 1. The number of likely N-dealkylation sites (tertiary alicyclic amines) is 1. The third kappa shape index (κ3) is 5.18. The van der Waals surface area contributed by atoms with E-state index in [4.69, 9.17) is 20.3 Å². The van der Waals surface area contributed by atoms with Crippen molar-refractivity contribution in [1.29, 1.82) is 0 Å². The van der Waals surface area contributed by atoms with Gasteiger partial charge in [0.2, 0.25) is 0 Å². The number of piperidine rings is 1. The lowest BCUT2D eigenvalue weighted by molar-refractivity contribution is 0.00611. The number of ether oxygens (including phenoxy) is 2. The second kappa shape index (κ2) is 9.68. The molecule has 2 N–H and O–H groups in total. The number of anilines is 1. The summed E-state index contributed by atoms with van der Waals surface area (Å²) in [6, 6.07) is 16.3. The van der Waals surface area contributed by atoms with Crippen LogP contribution in [-0.2, 0) is 4.74 Å². The summed E-state index contributed by atoms with van der Waals surface area (Å²) < 4.78 is 28.4. The molecule has 0 bridgehead atoms. The molecule has 0 radical (unpaired) electrons. The fourth-order valence-corrected chi connectivity index (χ4v) is 4.39. The average Bonchev–Trinajstić information content (AvgIpc) is 3.25. The number of para-hydroxylation sites is 1. The highest BCUT2D eigenvalue weighted by atomic mass is 19.1. The number of alkyl halides is 1. The van der Waals surface area contributed by atoms with Crippen LogP contribution < -0.4 is 10.5 Å². The molecule has 0 spiro atoms. The molecular weight excluding hydrogens is 475 g/mol. The lowest BCUT2D eigenvalue weighted by atomic mass is 10.0. The van der Waals surface area contributed by atoms with E-state index < -0.39 is 23.9 Å². The fourth-order valence-electron chi connectivity index (χ4n) is 4.39. The zero-order valence-electron chi connectivity index (χ0n) is 21.0. The van der Waals surface area contributed by atoms with E-state index in [2.05, 4.69) is 9.97 Å². The third-order valence-corrected chi connectivity index (χ3v) is 6.10. The molecule has 9 nitrogen and oxygen atoms in total. The number of nitrogen functional groups attached to an aromatic ring is 1. The van der Waals surface area contributed by atoms with Crippen LogP contribution in [0.1, 0.15) is 33.2 Å². The predicted molar refractivity (Wildman–Crippen MR) is 138 cm³/mol. The molecule has 0 unspecified atom stereocenters. The van der Waals surface area contributed by atoms with Crippen LogP contribution in [0.4, 0.5) is 15.0 Å². The van der Waals surface area contributed by atoms with E-state index in [0.29, 0.717) is 35.4 Å². The van der Waals surface area contributed by atoms with E-state index in [-0.39, 0.29) is 12.4 Å². The molecule has 37 heavy (non-hydrogen) atoms. The molecule has 1 amide bonds. The quantitative estimate of drug-likeness (QED) is 0.397. The maximum atomic E-state index is 15.5. The lowest BCUT2D eigenvalue weighted by Gasteiger charge is -2.35. The number of halogens is 1. The molecule has 192 valence electrons. The largest absolute Gasteiger partial charge is 0.457 e. The van der Waals surface area contributed by atoms with E-state index >= 15 is 4.39 Å². The number of nitrogens with two attached hydrogens (primary N) is 1. The number of benzene rings is 2. The Morgan fingerprint density at radius 1 is 1.05 bits per heavy atom. The molecule has 1 saturated heterocycles. The highest BCUT2D eigenvalue weighted by molar-refractivity contribution is 5.98. The van der Waals surface area contributed by atoms with Crippen LogP contribution in [0.15, 0.2) is 60.9 Å². The van der Waals surface area contributed by atoms with Crippen LogP contribution >= 0.6 is 0 Å². The van der Waals surface area contributed by atoms with Crippen LogP contribution in [0.5, 0.6) is 11.5 Å². The van der Waals surface area contributed by atoms with E-state index in [1.165, 1.54) is 11.2 Å². The van der Waals surface area contributed by atoms with Gasteiger partial charge in [0.15, 0.2) is 5.65 Å². The van der Waals surface area contributed by atoms with Crippen molar-refractivity contribution in [1.82, 2.24) is 24.6 Å². The molecule has 10 heteroatoms. The number of fused-ring (bicyclic) bond motifs is 1. The first-order valence-corrected chi connectivity index (χ1v) is 12.1. The van der Waals surface area contributed by atoms with Crippen molar-refractivity contribution >= 4 is 22.9 Å². The van der Waals surface area contributed by atoms with Crippen LogP contribution in [0, 0.1) is 0 Å². The predicted octanol–water partition coefficient (Wildman–Crippen LogP) is 5.39. The Morgan fingerprint density at radius 2 is 1.76 bits per heavy atom. The summed E-state index contributed by atoms with van der Waals surface area (Å²) in [5.41, 5.74) is 7.36. The summed E-state index contributed by atoms with van der Waals surface area (Å²) in [4.78, 5) is 22.4. The van der Waals surface area contributed by atoms with Crippen molar-refractivity contribution in [2.24, 2.45) is 0 Å². The van der Waals surface area contributed by atoms with Gasteiger partial charge in [-0.2, -0.15) is 5.10 Å². The van der Waals surface area contributed by atoms with Crippen LogP contribution in [0.25, 0.3) is 22.3 Å². The van der Waals surface area contributed by atoms with Gasteiger partial charge in [0, 0.05) is 12.1 Å². The molecule has 1 fully saturated rings. The molecule has 1 aliphatic heterocycles. The molecule has 1 aliphatic rings. The van der Waals surface area contributed by atoms with Crippen molar-refractivity contribution in [3.8, 4) is 22.8 Å². The SMILES string of the molecule is CC(C)(C)OC(=O)N1CC[C@H](n2nc(-c3ccc(Oc4ccccc4)cc3)c3c(N)ncnc32)[C@@H](F)C1. The number of rotatable bonds is 4. The zero-order valence-corrected chi connectivity index (χ0v) is 21.0. The van der Waals surface area contributed by atoms with Crippen molar-refractivity contribution in [3.63, 3.8) is 0 Å². The maximum Gasteiger partial charge on any atom is 0.410 e. The minimum absolute atomic E-state index is 0.0949. The van der Waals surface area contributed by atoms with Crippen molar-refractivity contribution < 1.29 is 18.7 Å². The molecule has 3 heterocycles. The first kappa shape index (κ1) is 24.5. The Morgan fingerprint density at radius 3 is 2.43 bits per heavy atom. The second-order valence-corrected chi connectivity index (χ2v) is 9.99. The van der Waals surface area contributed by atoms with Gasteiger partial charge in [-0.3, -0.25) is 0 Å². The topological polar surface area (TPSA) is 108 Å². The second-order valence-electron chi connectivity index (χ2n) is 9.99. The van der Waals surface area contributed by atoms with Gasteiger partial charge in [0.1, 0.15) is 41.1 Å². The number of hydrogen-bond donors (Lipinski definition) is 1. The minimum atomic E-state index is -1.37. The molecular formula is C27H29FN6O3. The van der Waals surface area contributed by atoms with Gasteiger partial charge in [-0.1, -0.05) is 18.2 Å². The summed E-state index contributed by atoms with van der Waals surface area (Å²) in [5, 5.41) is 5.31. The van der Waals surface area contributed by atoms with Gasteiger partial charge in [0.25, 0.3) is 0 Å². The number of carbonyl (C=O) groups is 1. The number of hydrogen-bond acceptors (Lipinski definition) is 7. The van der Waals surface area contributed by atoms with Crippen molar-refractivity contribution in [3.05, 3.63) is 60.9 Å². The summed E-state index contributed by atoms with van der Waals surface area (Å²) in [6.45, 7) is 5.59. The standard InChI is InChI=1S/C27H29FN6O3/c1-27(2,3)37-26(35)33-14-13-21(20(28)15-33)34-25-22(24(29)30-16-31-25)23(32-34)17-9-11-19(12-10-17)36-18-7-5-4-6-8-18/h4-12,16,20-21H,13-15H2,1-3H3,(H2,29,30,31)/t20-,21-/m0/s1. The molecule has 5 rings (SSSR count). The average molecular weight is 505 g/mol. The normalized spacial score (nSPS) is 18.1. The molecule has 4 aromatic rings. The molecule has 2 aromatic heterocycles. The number of aromatic nitrogens is 4. The van der Waals surface area contributed by atoms with Crippen molar-refractivity contribution in [2.75, 3.05) is 18.8 Å². The van der Waals surface area contributed by atoms with Crippen LogP contribution in [0.3, 0.4) is 0 Å². The summed E-state index contributed by atoms with van der Waals surface area (Å²) in [7, 11) is 0.